The van der Waals surface area contributed by atoms with Gasteiger partial charge in [0, 0.05) is 12.2 Å². The molecule has 1 atom stereocenters. The van der Waals surface area contributed by atoms with Crippen LogP contribution in [0.15, 0.2) is 30.3 Å². The van der Waals surface area contributed by atoms with Crippen molar-refractivity contribution in [1.29, 1.82) is 0 Å². The van der Waals surface area contributed by atoms with Crippen LogP contribution in [0.4, 0.5) is 0 Å². The summed E-state index contributed by atoms with van der Waals surface area (Å²) in [6.07, 6.45) is 1.02. The largest absolute Gasteiger partial charge is 0.328 e. The highest BCUT2D eigenvalue weighted by molar-refractivity contribution is 5.28. The van der Waals surface area contributed by atoms with Gasteiger partial charge in [0.1, 0.15) is 0 Å². The van der Waals surface area contributed by atoms with Crippen LogP contribution in [0.2, 0.25) is 0 Å². The summed E-state index contributed by atoms with van der Waals surface area (Å²) in [4.78, 5) is 0. The highest BCUT2D eigenvalue weighted by Crippen LogP contribution is 2.22. The lowest BCUT2D eigenvalue weighted by Gasteiger charge is -2.18. The zero-order chi connectivity index (χ0) is 13.1. The van der Waals surface area contributed by atoms with E-state index in [9.17, 15) is 0 Å². The number of hydrogen-bond acceptors (Lipinski definition) is 2. The lowest BCUT2D eigenvalue weighted by Crippen LogP contribution is -2.22. The Hall–Kier alpha value is -1.61. The van der Waals surface area contributed by atoms with Gasteiger partial charge in [-0.2, -0.15) is 5.10 Å². The van der Waals surface area contributed by atoms with Crippen LogP contribution in [0, 0.1) is 13.8 Å². The van der Waals surface area contributed by atoms with Crippen molar-refractivity contribution in [2.45, 2.75) is 33.2 Å². The molecule has 1 heterocycles. The Morgan fingerprint density at radius 2 is 1.89 bits per heavy atom. The van der Waals surface area contributed by atoms with Gasteiger partial charge in [-0.05, 0) is 31.4 Å². The molecule has 2 rings (SSSR count). The fraction of sp³-hybridized carbons (Fsp3) is 0.400. The lowest BCUT2D eigenvalue weighted by atomic mass is 10.1. The monoisotopic (exact) mass is 243 g/mol. The fourth-order valence-corrected chi connectivity index (χ4v) is 2.56. The topological polar surface area (TPSA) is 43.8 Å². The molecule has 0 aliphatic heterocycles. The first kappa shape index (κ1) is 12.8. The molecule has 3 nitrogen and oxygen atoms in total. The maximum Gasteiger partial charge on any atom is 0.0893 e. The van der Waals surface area contributed by atoms with E-state index in [-0.39, 0.29) is 6.04 Å². The van der Waals surface area contributed by atoms with E-state index in [1.807, 2.05) is 18.2 Å². The minimum absolute atomic E-state index is 0.130. The summed E-state index contributed by atoms with van der Waals surface area (Å²) >= 11 is 0. The molecule has 0 bridgehead atoms. The molecule has 1 unspecified atom stereocenters. The fourth-order valence-electron chi connectivity index (χ4n) is 2.56. The van der Waals surface area contributed by atoms with Gasteiger partial charge < -0.3 is 5.73 Å². The third-order valence-corrected chi connectivity index (χ3v) is 3.53. The van der Waals surface area contributed by atoms with E-state index in [0.717, 1.165) is 12.1 Å². The molecule has 0 spiro atoms. The minimum atomic E-state index is 0.130. The van der Waals surface area contributed by atoms with Gasteiger partial charge in [-0.3, -0.25) is 4.68 Å². The summed E-state index contributed by atoms with van der Waals surface area (Å²) in [5, 5.41) is 4.67. The molecule has 0 amide bonds. The molecule has 1 aromatic heterocycles. The number of aromatic nitrogens is 2. The Morgan fingerprint density at radius 1 is 1.22 bits per heavy atom. The molecule has 0 saturated carbocycles. The lowest BCUT2D eigenvalue weighted by molar-refractivity contribution is 0.516. The molecule has 1 aromatic carbocycles. The highest BCUT2D eigenvalue weighted by atomic mass is 15.3. The normalized spacial score (nSPS) is 12.7. The van der Waals surface area contributed by atoms with Gasteiger partial charge in [-0.15, -0.1) is 0 Å². The van der Waals surface area contributed by atoms with Crippen LogP contribution in [0.3, 0.4) is 0 Å². The van der Waals surface area contributed by atoms with E-state index < -0.39 is 0 Å². The van der Waals surface area contributed by atoms with E-state index in [2.05, 4.69) is 42.7 Å². The van der Waals surface area contributed by atoms with E-state index in [0.29, 0.717) is 6.54 Å². The SMILES string of the molecule is CCc1c(C)nn(C(CN)c2ccccc2)c1C. The van der Waals surface area contributed by atoms with Gasteiger partial charge in [-0.1, -0.05) is 37.3 Å². The highest BCUT2D eigenvalue weighted by Gasteiger charge is 2.18. The number of aryl methyl sites for hydroxylation is 1. The van der Waals surface area contributed by atoms with Crippen molar-refractivity contribution < 1.29 is 0 Å². The zero-order valence-electron chi connectivity index (χ0n) is 11.4. The first-order chi connectivity index (χ1) is 8.69. The summed E-state index contributed by atoms with van der Waals surface area (Å²) < 4.78 is 2.07. The van der Waals surface area contributed by atoms with Crippen molar-refractivity contribution >= 4 is 0 Å². The quantitative estimate of drug-likeness (QED) is 0.897. The number of nitrogens with zero attached hydrogens (tertiary/aromatic N) is 2. The van der Waals surface area contributed by atoms with Gasteiger partial charge in [0.15, 0.2) is 0 Å². The molecule has 0 aliphatic rings. The Bertz CT molecular complexity index is 514. The predicted molar refractivity (Wildman–Crippen MR) is 74.7 cm³/mol. The van der Waals surface area contributed by atoms with Crippen LogP contribution in [0.5, 0.6) is 0 Å². The van der Waals surface area contributed by atoms with Crippen molar-refractivity contribution in [2.24, 2.45) is 5.73 Å². The van der Waals surface area contributed by atoms with Crippen LogP contribution in [-0.2, 0) is 6.42 Å². The summed E-state index contributed by atoms with van der Waals surface area (Å²) in [7, 11) is 0. The Morgan fingerprint density at radius 3 is 2.39 bits per heavy atom. The molecule has 2 N–H and O–H groups in total. The number of benzene rings is 1. The average molecular weight is 243 g/mol. The summed E-state index contributed by atoms with van der Waals surface area (Å²) in [5.74, 6) is 0. The van der Waals surface area contributed by atoms with Crippen LogP contribution in [-0.4, -0.2) is 16.3 Å². The molecule has 0 saturated heterocycles. The second kappa shape index (κ2) is 5.36. The van der Waals surface area contributed by atoms with Crippen LogP contribution < -0.4 is 5.73 Å². The van der Waals surface area contributed by atoms with Crippen LogP contribution in [0.1, 0.15) is 35.5 Å². The van der Waals surface area contributed by atoms with Gasteiger partial charge in [0.05, 0.1) is 11.7 Å². The van der Waals surface area contributed by atoms with Crippen molar-refractivity contribution in [2.75, 3.05) is 6.54 Å². The molecule has 96 valence electrons. The number of hydrogen-bond donors (Lipinski definition) is 1. The Kier molecular flexibility index (Phi) is 3.82. The third kappa shape index (κ3) is 2.18. The Balaban J connectivity index is 2.46. The predicted octanol–water partition coefficient (Wildman–Crippen LogP) is 2.61. The van der Waals surface area contributed by atoms with E-state index in [1.54, 1.807) is 0 Å². The average Bonchev–Trinajstić information content (AvgIpc) is 2.67. The second-order valence-electron chi connectivity index (χ2n) is 4.61. The molecule has 3 heteroatoms. The standard InChI is InChI=1S/C15H21N3/c1-4-14-11(2)17-18(12(14)3)15(10-16)13-8-6-5-7-9-13/h5-9,15H,4,10,16H2,1-3H3. The van der Waals surface area contributed by atoms with Crippen molar-refractivity contribution in [1.82, 2.24) is 9.78 Å². The van der Waals surface area contributed by atoms with Crippen LogP contribution in [0.25, 0.3) is 0 Å². The maximum absolute atomic E-state index is 5.95. The van der Waals surface area contributed by atoms with E-state index >= 15 is 0 Å². The summed E-state index contributed by atoms with van der Waals surface area (Å²) in [6, 6.07) is 10.5. The molecule has 2 aromatic rings. The van der Waals surface area contributed by atoms with Gasteiger partial charge >= 0.3 is 0 Å². The van der Waals surface area contributed by atoms with Crippen molar-refractivity contribution in [3.05, 3.63) is 52.8 Å². The molecule has 18 heavy (non-hydrogen) atoms. The first-order valence-corrected chi connectivity index (χ1v) is 6.48. The van der Waals surface area contributed by atoms with Gasteiger partial charge in [-0.25, -0.2) is 0 Å². The van der Waals surface area contributed by atoms with Gasteiger partial charge in [0.25, 0.3) is 0 Å². The molecule has 0 fully saturated rings. The smallest absolute Gasteiger partial charge is 0.0893 e. The molecular weight excluding hydrogens is 222 g/mol. The van der Waals surface area contributed by atoms with Gasteiger partial charge in [0.2, 0.25) is 0 Å². The number of rotatable bonds is 4. The second-order valence-corrected chi connectivity index (χ2v) is 4.61. The molecule has 0 radical (unpaired) electrons. The van der Waals surface area contributed by atoms with E-state index in [1.165, 1.54) is 16.8 Å². The van der Waals surface area contributed by atoms with E-state index in [4.69, 9.17) is 5.73 Å². The molecular formula is C15H21N3. The van der Waals surface area contributed by atoms with Crippen molar-refractivity contribution in [3.8, 4) is 0 Å². The van der Waals surface area contributed by atoms with Crippen molar-refractivity contribution in [3.63, 3.8) is 0 Å². The summed E-state index contributed by atoms with van der Waals surface area (Å²) in [6.45, 7) is 6.93. The summed E-state index contributed by atoms with van der Waals surface area (Å²) in [5.41, 5.74) is 10.8. The third-order valence-electron chi connectivity index (χ3n) is 3.53. The molecule has 0 aliphatic carbocycles. The first-order valence-electron chi connectivity index (χ1n) is 6.48. The number of nitrogens with two attached hydrogens (primary N) is 1. The zero-order valence-corrected chi connectivity index (χ0v) is 11.4. The maximum atomic E-state index is 5.95. The Labute approximate surface area is 109 Å². The van der Waals surface area contributed by atoms with Crippen LogP contribution >= 0.6 is 0 Å². The minimum Gasteiger partial charge on any atom is -0.328 e.